The molecule has 20 heavy (non-hydrogen) atoms. The lowest BCUT2D eigenvalue weighted by Crippen LogP contribution is -2.43. The first-order valence-electron chi connectivity index (χ1n) is 6.18. The highest BCUT2D eigenvalue weighted by Crippen LogP contribution is 2.27. The number of fused-ring (bicyclic) bond motifs is 1. The summed E-state index contributed by atoms with van der Waals surface area (Å²) in [4.78, 5) is 34.9. The number of benzene rings is 1. The molecule has 7 nitrogen and oxygen atoms in total. The molecular formula is C13H15N3O4. The molecule has 0 saturated carbocycles. The van der Waals surface area contributed by atoms with E-state index in [-0.39, 0.29) is 12.1 Å². The predicted molar refractivity (Wildman–Crippen MR) is 71.7 cm³/mol. The van der Waals surface area contributed by atoms with Crippen LogP contribution >= 0.6 is 0 Å². The highest BCUT2D eigenvalue weighted by Gasteiger charge is 2.20. The summed E-state index contributed by atoms with van der Waals surface area (Å²) in [7, 11) is 0. The zero-order chi connectivity index (χ0) is 14.7. The minimum Gasteiger partial charge on any atom is -0.478 e. The molecule has 1 aromatic rings. The third kappa shape index (κ3) is 3.05. The monoisotopic (exact) mass is 277 g/mol. The van der Waals surface area contributed by atoms with Gasteiger partial charge in [-0.25, -0.2) is 9.59 Å². The van der Waals surface area contributed by atoms with Gasteiger partial charge in [0.05, 0.1) is 12.1 Å². The quantitative estimate of drug-likeness (QED) is 0.737. The number of carboxylic acid groups (broad SMARTS) is 1. The Morgan fingerprint density at radius 1 is 1.35 bits per heavy atom. The molecule has 0 radical (unpaired) electrons. The largest absolute Gasteiger partial charge is 0.478 e. The maximum atomic E-state index is 11.6. The Hall–Kier alpha value is -2.57. The number of amides is 3. The van der Waals surface area contributed by atoms with Crippen LogP contribution in [-0.2, 0) is 11.2 Å². The number of urea groups is 1. The standard InChI is InChI=1S/C13H15N3O4/c14-13(20)15-11(17)7-16-5-1-2-8-6-9(12(18)19)3-4-10(8)16/h3-4,6H,1-2,5,7H2,(H,18,19)(H3,14,15,17,20). The first-order valence-corrected chi connectivity index (χ1v) is 6.18. The number of rotatable bonds is 3. The molecular weight excluding hydrogens is 262 g/mol. The molecule has 3 amide bonds. The number of aryl methyl sites for hydroxylation is 1. The zero-order valence-corrected chi connectivity index (χ0v) is 10.8. The molecule has 106 valence electrons. The Morgan fingerprint density at radius 2 is 2.10 bits per heavy atom. The van der Waals surface area contributed by atoms with Crippen LogP contribution in [0.25, 0.3) is 0 Å². The van der Waals surface area contributed by atoms with Gasteiger partial charge in [-0.05, 0) is 36.6 Å². The fourth-order valence-electron chi connectivity index (χ4n) is 2.32. The molecule has 4 N–H and O–H groups in total. The number of carboxylic acids is 1. The number of carbonyl (C=O) groups excluding carboxylic acids is 2. The lowest BCUT2D eigenvalue weighted by Gasteiger charge is -2.30. The molecule has 0 bridgehead atoms. The number of anilines is 1. The van der Waals surface area contributed by atoms with Gasteiger partial charge in [-0.15, -0.1) is 0 Å². The summed E-state index contributed by atoms with van der Waals surface area (Å²) in [6.45, 7) is 0.688. The molecule has 0 unspecified atom stereocenters. The third-order valence-electron chi connectivity index (χ3n) is 3.14. The summed E-state index contributed by atoms with van der Waals surface area (Å²) in [5, 5.41) is 11.0. The SMILES string of the molecule is NC(=O)NC(=O)CN1CCCc2cc(C(=O)O)ccc21. The second-order valence-corrected chi connectivity index (χ2v) is 4.59. The van der Waals surface area contributed by atoms with E-state index in [2.05, 4.69) is 0 Å². The van der Waals surface area contributed by atoms with E-state index < -0.39 is 17.9 Å². The second-order valence-electron chi connectivity index (χ2n) is 4.59. The van der Waals surface area contributed by atoms with Gasteiger partial charge in [-0.2, -0.15) is 0 Å². The van der Waals surface area contributed by atoms with Gasteiger partial charge in [0.15, 0.2) is 0 Å². The molecule has 0 saturated heterocycles. The lowest BCUT2D eigenvalue weighted by atomic mass is 9.99. The van der Waals surface area contributed by atoms with Crippen LogP contribution < -0.4 is 16.0 Å². The maximum absolute atomic E-state index is 11.6. The average Bonchev–Trinajstić information content (AvgIpc) is 2.37. The van der Waals surface area contributed by atoms with E-state index in [0.29, 0.717) is 6.54 Å². The van der Waals surface area contributed by atoms with Crippen LogP contribution in [0, 0.1) is 0 Å². The number of nitrogens with zero attached hydrogens (tertiary/aromatic N) is 1. The smallest absolute Gasteiger partial charge is 0.335 e. The van der Waals surface area contributed by atoms with E-state index in [1.807, 2.05) is 10.2 Å². The van der Waals surface area contributed by atoms with Crippen molar-refractivity contribution in [2.24, 2.45) is 5.73 Å². The van der Waals surface area contributed by atoms with E-state index in [1.54, 1.807) is 12.1 Å². The number of primary amides is 1. The van der Waals surface area contributed by atoms with Crippen LogP contribution in [0.4, 0.5) is 10.5 Å². The molecule has 0 aromatic heterocycles. The number of hydrogen-bond donors (Lipinski definition) is 3. The van der Waals surface area contributed by atoms with Gasteiger partial charge in [0.2, 0.25) is 5.91 Å². The van der Waals surface area contributed by atoms with Crippen molar-refractivity contribution in [2.75, 3.05) is 18.0 Å². The van der Waals surface area contributed by atoms with Crippen molar-refractivity contribution >= 4 is 23.6 Å². The number of nitrogens with two attached hydrogens (primary N) is 1. The first kappa shape index (κ1) is 13.9. The van der Waals surface area contributed by atoms with Crippen LogP contribution in [0.5, 0.6) is 0 Å². The molecule has 1 aromatic carbocycles. The van der Waals surface area contributed by atoms with Crippen LogP contribution in [0.1, 0.15) is 22.3 Å². The number of aromatic carboxylic acids is 1. The second kappa shape index (κ2) is 5.60. The van der Waals surface area contributed by atoms with Crippen LogP contribution in [0.15, 0.2) is 18.2 Å². The molecule has 0 aliphatic carbocycles. The van der Waals surface area contributed by atoms with Crippen molar-refractivity contribution in [2.45, 2.75) is 12.8 Å². The molecule has 2 rings (SSSR count). The van der Waals surface area contributed by atoms with Gasteiger partial charge < -0.3 is 15.7 Å². The van der Waals surface area contributed by atoms with Crippen molar-refractivity contribution < 1.29 is 19.5 Å². The van der Waals surface area contributed by atoms with E-state index in [1.165, 1.54) is 6.07 Å². The van der Waals surface area contributed by atoms with Crippen LogP contribution in [-0.4, -0.2) is 36.1 Å². The summed E-state index contributed by atoms with van der Waals surface area (Å²) in [5.74, 6) is -1.45. The molecule has 0 atom stereocenters. The van der Waals surface area contributed by atoms with Gasteiger partial charge in [0, 0.05) is 12.2 Å². The minimum atomic E-state index is -0.976. The van der Waals surface area contributed by atoms with Crippen molar-refractivity contribution in [1.82, 2.24) is 5.32 Å². The topological polar surface area (TPSA) is 113 Å². The number of nitrogens with one attached hydrogen (secondary N) is 1. The van der Waals surface area contributed by atoms with E-state index in [9.17, 15) is 14.4 Å². The molecule has 0 fully saturated rings. The molecule has 7 heteroatoms. The van der Waals surface area contributed by atoms with Gasteiger partial charge in [-0.1, -0.05) is 0 Å². The molecule has 0 spiro atoms. The fraction of sp³-hybridized carbons (Fsp3) is 0.308. The Labute approximate surface area is 115 Å². The summed E-state index contributed by atoms with van der Waals surface area (Å²) in [6.07, 6.45) is 1.59. The summed E-state index contributed by atoms with van der Waals surface area (Å²) in [5.41, 5.74) is 6.83. The summed E-state index contributed by atoms with van der Waals surface area (Å²) in [6, 6.07) is 3.94. The van der Waals surface area contributed by atoms with Crippen molar-refractivity contribution in [3.8, 4) is 0 Å². The molecule has 1 aliphatic rings. The molecule has 1 heterocycles. The highest BCUT2D eigenvalue weighted by molar-refractivity contribution is 5.96. The van der Waals surface area contributed by atoms with Crippen molar-refractivity contribution in [1.29, 1.82) is 0 Å². The number of carbonyl (C=O) groups is 3. The van der Waals surface area contributed by atoms with Gasteiger partial charge >= 0.3 is 12.0 Å². The lowest BCUT2D eigenvalue weighted by molar-refractivity contribution is -0.118. The van der Waals surface area contributed by atoms with Crippen molar-refractivity contribution in [3.63, 3.8) is 0 Å². The first-order chi connectivity index (χ1) is 9.47. The van der Waals surface area contributed by atoms with Gasteiger partial charge in [0.25, 0.3) is 0 Å². The highest BCUT2D eigenvalue weighted by atomic mass is 16.4. The average molecular weight is 277 g/mol. The summed E-state index contributed by atoms with van der Waals surface area (Å²) < 4.78 is 0. The van der Waals surface area contributed by atoms with Gasteiger partial charge in [0.1, 0.15) is 0 Å². The van der Waals surface area contributed by atoms with E-state index in [0.717, 1.165) is 24.1 Å². The Morgan fingerprint density at radius 3 is 2.75 bits per heavy atom. The normalized spacial score (nSPS) is 13.5. The van der Waals surface area contributed by atoms with Crippen LogP contribution in [0.3, 0.4) is 0 Å². The maximum Gasteiger partial charge on any atom is 0.335 e. The zero-order valence-electron chi connectivity index (χ0n) is 10.8. The fourth-order valence-corrected chi connectivity index (χ4v) is 2.32. The van der Waals surface area contributed by atoms with Gasteiger partial charge in [-0.3, -0.25) is 10.1 Å². The summed E-state index contributed by atoms with van der Waals surface area (Å²) >= 11 is 0. The predicted octanol–water partition coefficient (Wildman–Crippen LogP) is 0.332. The Balaban J connectivity index is 2.18. The molecule has 1 aliphatic heterocycles. The Kier molecular flexibility index (Phi) is 3.88. The third-order valence-corrected chi connectivity index (χ3v) is 3.14. The van der Waals surface area contributed by atoms with E-state index in [4.69, 9.17) is 10.8 Å². The van der Waals surface area contributed by atoms with E-state index >= 15 is 0 Å². The Bertz CT molecular complexity index is 571. The van der Waals surface area contributed by atoms with Crippen LogP contribution in [0.2, 0.25) is 0 Å². The number of hydrogen-bond acceptors (Lipinski definition) is 4. The minimum absolute atomic E-state index is 0.0162. The number of imide groups is 1. The van der Waals surface area contributed by atoms with Crippen molar-refractivity contribution in [3.05, 3.63) is 29.3 Å².